The molecule has 4 aromatic rings. The van der Waals surface area contributed by atoms with Gasteiger partial charge in [0, 0.05) is 87.3 Å². The van der Waals surface area contributed by atoms with Gasteiger partial charge in [0.25, 0.3) is 5.91 Å². The number of pyridine rings is 1. The van der Waals surface area contributed by atoms with Crippen molar-refractivity contribution < 1.29 is 23.5 Å². The Morgan fingerprint density at radius 3 is 2.57 bits per heavy atom. The molecule has 13 heteroatoms. The minimum Gasteiger partial charge on any atom is -0.496 e. The fourth-order valence-electron chi connectivity index (χ4n) is 7.01. The molecule has 1 saturated carbocycles. The van der Waals surface area contributed by atoms with Gasteiger partial charge in [-0.25, -0.2) is 9.37 Å². The van der Waals surface area contributed by atoms with Crippen molar-refractivity contribution in [3.05, 3.63) is 90.3 Å². The molecule has 0 radical (unpaired) electrons. The number of rotatable bonds is 10. The lowest BCUT2D eigenvalue weighted by atomic mass is 9.93. The Kier molecular flexibility index (Phi) is 8.95. The number of carbonyl (C=O) groups is 2. The molecule has 1 aliphatic carbocycles. The van der Waals surface area contributed by atoms with E-state index >= 15 is 4.39 Å². The second-order valence-electron chi connectivity index (χ2n) is 13.2. The number of aromatic nitrogens is 2. The van der Waals surface area contributed by atoms with Crippen molar-refractivity contribution in [2.45, 2.75) is 31.8 Å². The molecular formula is C38H41FN8O4. The summed E-state index contributed by atoms with van der Waals surface area (Å²) in [5.41, 5.74) is 9.01. The van der Waals surface area contributed by atoms with Crippen molar-refractivity contribution in [2.24, 2.45) is 0 Å². The maximum atomic E-state index is 16.7. The summed E-state index contributed by atoms with van der Waals surface area (Å²) in [6.07, 6.45) is 10.7. The summed E-state index contributed by atoms with van der Waals surface area (Å²) in [5, 5.41) is 2.39. The molecule has 0 atom stereocenters. The van der Waals surface area contributed by atoms with Crippen LogP contribution in [0.3, 0.4) is 0 Å². The maximum absolute atomic E-state index is 16.7. The standard InChI is InChI=1S/C38H41FN8O4/c1-50-32-8-3-2-7-27(32)29-22-28(25-6-5-15-46(24-25)34(48)12-16-47-17-14-41-43-47)35(39)36-30(29)23-31(42-36)38(49)45-20-18-44(19-21-45)37-33(9-4-13-40-37)51-26-10-11-26/h2-4,6-9,13-14,17,22-23,26,41-43H,5,10-12,15-16,18-21,24H2,1H3. The van der Waals surface area contributed by atoms with Gasteiger partial charge < -0.3 is 34.6 Å². The Bertz CT molecular complexity index is 2020. The van der Waals surface area contributed by atoms with Gasteiger partial charge in [0.05, 0.1) is 18.7 Å². The first-order chi connectivity index (χ1) is 25.0. The largest absolute Gasteiger partial charge is 0.496 e. The molecular weight excluding hydrogens is 651 g/mol. The average Bonchev–Trinajstić information content (AvgIpc) is 3.62. The summed E-state index contributed by atoms with van der Waals surface area (Å²) in [6.45, 7) is 3.52. The molecule has 3 aliphatic heterocycles. The van der Waals surface area contributed by atoms with Crippen LogP contribution in [0, 0.1) is 5.82 Å². The van der Waals surface area contributed by atoms with Gasteiger partial charge in [0.1, 0.15) is 11.4 Å². The molecule has 2 aromatic carbocycles. The minimum atomic E-state index is -0.455. The summed E-state index contributed by atoms with van der Waals surface area (Å²) in [5.74, 6) is 1.56. The molecule has 2 fully saturated rings. The molecule has 12 nitrogen and oxygen atoms in total. The first kappa shape index (κ1) is 32.6. The van der Waals surface area contributed by atoms with Crippen molar-refractivity contribution in [3.8, 4) is 22.6 Å². The fraction of sp³-hybridized carbons (Fsp3) is 0.342. The molecule has 2 aromatic heterocycles. The predicted octanol–water partition coefficient (Wildman–Crippen LogP) is 4.68. The Balaban J connectivity index is 1.07. The molecule has 0 unspecified atom stereocenters. The molecule has 1 saturated heterocycles. The van der Waals surface area contributed by atoms with Crippen molar-refractivity contribution in [1.29, 1.82) is 0 Å². The number of piperazine rings is 1. The highest BCUT2D eigenvalue weighted by atomic mass is 19.1. The number of anilines is 1. The number of halogens is 1. The Labute approximate surface area is 295 Å². The van der Waals surface area contributed by atoms with Gasteiger partial charge in [0.15, 0.2) is 17.4 Å². The molecule has 5 heterocycles. The zero-order valence-corrected chi connectivity index (χ0v) is 28.5. The van der Waals surface area contributed by atoms with E-state index in [1.165, 1.54) is 0 Å². The van der Waals surface area contributed by atoms with Crippen molar-refractivity contribution in [1.82, 2.24) is 35.7 Å². The maximum Gasteiger partial charge on any atom is 0.270 e. The number of hydrogen-bond donors (Lipinski definition) is 3. The minimum absolute atomic E-state index is 0.00305. The van der Waals surface area contributed by atoms with E-state index in [1.54, 1.807) is 40.4 Å². The van der Waals surface area contributed by atoms with Crippen LogP contribution in [-0.2, 0) is 4.79 Å². The number of hydrogen-bond acceptors (Lipinski definition) is 9. The molecule has 264 valence electrons. The number of fused-ring (bicyclic) bond motifs is 1. The number of carbonyl (C=O) groups excluding carboxylic acids is 2. The quantitative estimate of drug-likeness (QED) is 0.218. The number of hydrazine groups is 2. The summed E-state index contributed by atoms with van der Waals surface area (Å²) >= 11 is 0. The van der Waals surface area contributed by atoms with Gasteiger partial charge in [-0.15, -0.1) is 5.53 Å². The SMILES string of the molecule is COc1ccccc1-c1cc(C2=CCCN(C(=O)CCN3C=CNN3)C2)c(F)c2[nH]c(C(=O)N3CCN(c4ncccc4OC4CC4)CC3)cc12. The Morgan fingerprint density at radius 2 is 1.78 bits per heavy atom. The van der Waals surface area contributed by atoms with Gasteiger partial charge in [-0.3, -0.25) is 14.6 Å². The molecule has 8 rings (SSSR count). The number of H-pyrrole nitrogens is 1. The normalized spacial score (nSPS) is 17.5. The second kappa shape index (κ2) is 14.0. The monoisotopic (exact) mass is 692 g/mol. The Morgan fingerprint density at radius 1 is 0.961 bits per heavy atom. The van der Waals surface area contributed by atoms with Crippen LogP contribution >= 0.6 is 0 Å². The topological polar surface area (TPSA) is 118 Å². The van der Waals surface area contributed by atoms with Crippen LogP contribution in [0.4, 0.5) is 10.2 Å². The number of nitrogens with one attached hydrogen (secondary N) is 3. The highest BCUT2D eigenvalue weighted by Gasteiger charge is 2.30. The number of amides is 2. The van der Waals surface area contributed by atoms with Crippen LogP contribution in [0.5, 0.6) is 11.5 Å². The molecule has 2 amide bonds. The number of para-hydroxylation sites is 1. The van der Waals surface area contributed by atoms with Crippen molar-refractivity contribution in [2.75, 3.05) is 57.8 Å². The number of methoxy groups -OCH3 is 1. The van der Waals surface area contributed by atoms with Crippen molar-refractivity contribution >= 4 is 34.1 Å². The van der Waals surface area contributed by atoms with Gasteiger partial charge >= 0.3 is 0 Å². The summed E-state index contributed by atoms with van der Waals surface area (Å²) in [4.78, 5) is 40.7. The highest BCUT2D eigenvalue weighted by Crippen LogP contribution is 2.40. The first-order valence-corrected chi connectivity index (χ1v) is 17.5. The third kappa shape index (κ3) is 6.68. The number of ether oxygens (including phenoxy) is 2. The van der Waals surface area contributed by atoms with Crippen LogP contribution < -0.4 is 25.3 Å². The van der Waals surface area contributed by atoms with Crippen LogP contribution in [0.25, 0.3) is 27.6 Å². The summed E-state index contributed by atoms with van der Waals surface area (Å²) < 4.78 is 28.5. The summed E-state index contributed by atoms with van der Waals surface area (Å²) in [6, 6.07) is 15.0. The van der Waals surface area contributed by atoms with Gasteiger partial charge in [0.2, 0.25) is 5.91 Å². The van der Waals surface area contributed by atoms with Crippen LogP contribution in [0.2, 0.25) is 0 Å². The number of nitrogens with zero attached hydrogens (tertiary/aromatic N) is 5. The van der Waals surface area contributed by atoms with Gasteiger partial charge in [-0.05, 0) is 60.7 Å². The van der Waals surface area contributed by atoms with E-state index in [1.807, 2.05) is 54.7 Å². The van der Waals surface area contributed by atoms with Crippen LogP contribution in [0.1, 0.15) is 41.7 Å². The fourth-order valence-corrected chi connectivity index (χ4v) is 7.01. The van der Waals surface area contributed by atoms with Crippen molar-refractivity contribution in [3.63, 3.8) is 0 Å². The van der Waals surface area contributed by atoms with E-state index in [-0.39, 0.29) is 30.0 Å². The zero-order valence-electron chi connectivity index (χ0n) is 28.5. The predicted molar refractivity (Wildman–Crippen MR) is 192 cm³/mol. The first-order valence-electron chi connectivity index (χ1n) is 17.5. The lowest BCUT2D eigenvalue weighted by Gasteiger charge is -2.35. The lowest BCUT2D eigenvalue weighted by molar-refractivity contribution is -0.131. The van der Waals surface area contributed by atoms with Gasteiger partial charge in [-0.1, -0.05) is 24.3 Å². The number of aromatic amines is 1. The zero-order chi connectivity index (χ0) is 34.9. The number of benzene rings is 2. The molecule has 51 heavy (non-hydrogen) atoms. The Hall–Kier alpha value is -5.56. The van der Waals surface area contributed by atoms with E-state index in [4.69, 9.17) is 9.47 Å². The molecule has 0 bridgehead atoms. The molecule has 4 aliphatic rings. The lowest BCUT2D eigenvalue weighted by Crippen LogP contribution is -2.49. The van der Waals surface area contributed by atoms with Crippen LogP contribution in [0.15, 0.2) is 73.2 Å². The third-order valence-corrected chi connectivity index (χ3v) is 9.88. The van der Waals surface area contributed by atoms with E-state index < -0.39 is 5.82 Å². The van der Waals surface area contributed by atoms with E-state index in [0.717, 1.165) is 41.1 Å². The van der Waals surface area contributed by atoms with Crippen LogP contribution in [-0.4, -0.2) is 95.6 Å². The van der Waals surface area contributed by atoms with E-state index in [9.17, 15) is 9.59 Å². The molecule has 3 N–H and O–H groups in total. The smallest absolute Gasteiger partial charge is 0.270 e. The third-order valence-electron chi connectivity index (χ3n) is 9.88. The summed E-state index contributed by atoms with van der Waals surface area (Å²) in [7, 11) is 1.61. The highest BCUT2D eigenvalue weighted by molar-refractivity contribution is 6.05. The molecule has 0 spiro atoms. The van der Waals surface area contributed by atoms with Gasteiger partial charge in [-0.2, -0.15) is 0 Å². The average molecular weight is 693 g/mol. The van der Waals surface area contributed by atoms with E-state index in [0.29, 0.717) is 74.5 Å². The second-order valence-corrected chi connectivity index (χ2v) is 13.2. The van der Waals surface area contributed by atoms with E-state index in [2.05, 4.69) is 25.8 Å².